The fraction of sp³-hybridized carbons (Fsp3) is 0.111. The van der Waals surface area contributed by atoms with E-state index >= 15 is 0 Å². The van der Waals surface area contributed by atoms with Crippen LogP contribution in [0.2, 0.25) is 0 Å². The van der Waals surface area contributed by atoms with Gasteiger partial charge in [0, 0.05) is 10.0 Å². The molecule has 1 amide bonds. The number of hydrogen-bond donors (Lipinski definition) is 2. The Morgan fingerprint density at radius 2 is 1.71 bits per heavy atom. The van der Waals surface area contributed by atoms with Gasteiger partial charge in [-0.3, -0.25) is 4.79 Å². The average molecular weight is 537 g/mol. The van der Waals surface area contributed by atoms with Crippen molar-refractivity contribution in [1.29, 1.82) is 0 Å². The molecule has 0 aromatic heterocycles. The molecule has 0 aliphatic rings. The van der Waals surface area contributed by atoms with Crippen molar-refractivity contribution in [1.82, 2.24) is 5.43 Å². The van der Waals surface area contributed by atoms with E-state index in [-0.39, 0.29) is 23.7 Å². The Labute approximate surface area is 210 Å². The molecule has 0 saturated carbocycles. The standard InChI is InChI=1S/C27H22BrFN2O4/c1-2-34-25-13-20(23(28)14-26(25)35-16-17-7-9-21(29)10-8-17)15-30-31-27(33)22-11-18-5-3-4-6-19(18)12-24(22)32/h3-15,32H,2,16H2,1H3,(H,31,33). The highest BCUT2D eigenvalue weighted by Crippen LogP contribution is 2.34. The Bertz CT molecular complexity index is 1390. The molecule has 6 nitrogen and oxygen atoms in total. The molecular formula is C27H22BrFN2O4. The van der Waals surface area contributed by atoms with Crippen LogP contribution in [0, 0.1) is 5.82 Å². The van der Waals surface area contributed by atoms with Crippen molar-refractivity contribution in [2.45, 2.75) is 13.5 Å². The van der Waals surface area contributed by atoms with Crippen molar-refractivity contribution in [2.24, 2.45) is 5.10 Å². The zero-order chi connectivity index (χ0) is 24.8. The van der Waals surface area contributed by atoms with Gasteiger partial charge in [0.15, 0.2) is 11.5 Å². The van der Waals surface area contributed by atoms with Gasteiger partial charge in [-0.2, -0.15) is 5.10 Å². The average Bonchev–Trinajstić information content (AvgIpc) is 2.85. The number of carbonyl (C=O) groups excluding carboxylic acids is 1. The lowest BCUT2D eigenvalue weighted by Crippen LogP contribution is -2.17. The Balaban J connectivity index is 1.48. The molecule has 0 aliphatic carbocycles. The summed E-state index contributed by atoms with van der Waals surface area (Å²) in [5.41, 5.74) is 4.03. The number of phenols is 1. The van der Waals surface area contributed by atoms with E-state index in [9.17, 15) is 14.3 Å². The van der Waals surface area contributed by atoms with Crippen LogP contribution in [0.5, 0.6) is 17.2 Å². The predicted molar refractivity (Wildman–Crippen MR) is 137 cm³/mol. The summed E-state index contributed by atoms with van der Waals surface area (Å²) >= 11 is 3.49. The zero-order valence-electron chi connectivity index (χ0n) is 18.8. The van der Waals surface area contributed by atoms with Crippen molar-refractivity contribution in [3.8, 4) is 17.2 Å². The van der Waals surface area contributed by atoms with Gasteiger partial charge in [0.2, 0.25) is 0 Å². The molecule has 0 spiro atoms. The number of nitrogens with one attached hydrogen (secondary N) is 1. The highest BCUT2D eigenvalue weighted by atomic mass is 79.9. The quantitative estimate of drug-likeness (QED) is 0.208. The molecule has 0 fully saturated rings. The molecular weight excluding hydrogens is 515 g/mol. The molecule has 178 valence electrons. The molecule has 0 atom stereocenters. The summed E-state index contributed by atoms with van der Waals surface area (Å²) in [5.74, 6) is 0.0323. The number of nitrogens with zero attached hydrogens (tertiary/aromatic N) is 1. The van der Waals surface area contributed by atoms with Gasteiger partial charge >= 0.3 is 0 Å². The number of aromatic hydroxyl groups is 1. The Morgan fingerprint density at radius 3 is 2.43 bits per heavy atom. The molecule has 0 aliphatic heterocycles. The van der Waals surface area contributed by atoms with E-state index < -0.39 is 5.91 Å². The predicted octanol–water partition coefficient (Wildman–Crippen LogP) is 6.19. The number of phenolic OH excluding ortho intramolecular Hbond substituents is 1. The lowest BCUT2D eigenvalue weighted by atomic mass is 10.1. The van der Waals surface area contributed by atoms with Crippen molar-refractivity contribution in [3.63, 3.8) is 0 Å². The van der Waals surface area contributed by atoms with Crippen LogP contribution in [0.15, 0.2) is 82.4 Å². The first-order valence-corrected chi connectivity index (χ1v) is 11.6. The van der Waals surface area contributed by atoms with Gasteiger partial charge in [-0.1, -0.05) is 36.4 Å². The van der Waals surface area contributed by atoms with E-state index in [1.807, 2.05) is 31.2 Å². The number of rotatable bonds is 8. The molecule has 4 aromatic rings. The number of hydrogen-bond acceptors (Lipinski definition) is 5. The van der Waals surface area contributed by atoms with Crippen LogP contribution in [0.4, 0.5) is 4.39 Å². The molecule has 0 saturated heterocycles. The lowest BCUT2D eigenvalue weighted by Gasteiger charge is -2.14. The highest BCUT2D eigenvalue weighted by Gasteiger charge is 2.13. The number of fused-ring (bicyclic) bond motifs is 1. The van der Waals surface area contributed by atoms with Crippen molar-refractivity contribution >= 4 is 38.8 Å². The first-order valence-electron chi connectivity index (χ1n) is 10.8. The maximum atomic E-state index is 13.1. The van der Waals surface area contributed by atoms with Gasteiger partial charge in [-0.05, 0) is 75.6 Å². The molecule has 35 heavy (non-hydrogen) atoms. The smallest absolute Gasteiger partial charge is 0.275 e. The molecule has 4 aromatic carbocycles. The van der Waals surface area contributed by atoms with Gasteiger partial charge in [0.1, 0.15) is 18.2 Å². The number of halogens is 2. The number of benzene rings is 4. The summed E-state index contributed by atoms with van der Waals surface area (Å²) in [6.45, 7) is 2.52. The molecule has 0 unspecified atom stereocenters. The number of carbonyl (C=O) groups is 1. The molecule has 0 bridgehead atoms. The van der Waals surface area contributed by atoms with Gasteiger partial charge in [0.25, 0.3) is 5.91 Å². The van der Waals surface area contributed by atoms with Crippen LogP contribution >= 0.6 is 15.9 Å². The minimum atomic E-state index is -0.537. The van der Waals surface area contributed by atoms with E-state index in [0.29, 0.717) is 28.1 Å². The topological polar surface area (TPSA) is 80.2 Å². The third kappa shape index (κ3) is 5.96. The number of ether oxygens (including phenoxy) is 2. The van der Waals surface area contributed by atoms with Crippen molar-refractivity contribution in [2.75, 3.05) is 6.61 Å². The molecule has 8 heteroatoms. The van der Waals surface area contributed by atoms with E-state index in [1.54, 1.807) is 36.4 Å². The summed E-state index contributed by atoms with van der Waals surface area (Å²) in [4.78, 5) is 12.6. The molecule has 2 N–H and O–H groups in total. The Morgan fingerprint density at radius 1 is 1.03 bits per heavy atom. The SMILES string of the molecule is CCOc1cc(C=NNC(=O)c2cc3ccccc3cc2O)c(Br)cc1OCc1ccc(F)cc1. The normalized spacial score (nSPS) is 11.1. The highest BCUT2D eigenvalue weighted by molar-refractivity contribution is 9.10. The first kappa shape index (κ1) is 24.2. The van der Waals surface area contributed by atoms with Gasteiger partial charge in [0.05, 0.1) is 18.4 Å². The van der Waals surface area contributed by atoms with Crippen LogP contribution < -0.4 is 14.9 Å². The summed E-state index contributed by atoms with van der Waals surface area (Å²) in [7, 11) is 0. The monoisotopic (exact) mass is 536 g/mol. The minimum Gasteiger partial charge on any atom is -0.507 e. The summed E-state index contributed by atoms with van der Waals surface area (Å²) in [6, 6.07) is 20.1. The van der Waals surface area contributed by atoms with Gasteiger partial charge in [-0.25, -0.2) is 9.82 Å². The maximum Gasteiger partial charge on any atom is 0.275 e. The van der Waals surface area contributed by atoms with Crippen LogP contribution in [0.1, 0.15) is 28.4 Å². The Hall–Kier alpha value is -3.91. The fourth-order valence-corrected chi connectivity index (χ4v) is 3.83. The second kappa shape index (κ2) is 11.0. The van der Waals surface area contributed by atoms with E-state index in [2.05, 4.69) is 26.5 Å². The third-order valence-corrected chi connectivity index (χ3v) is 5.84. The molecule has 4 rings (SSSR count). The van der Waals surface area contributed by atoms with Crippen LogP contribution in [-0.4, -0.2) is 23.8 Å². The largest absolute Gasteiger partial charge is 0.507 e. The van der Waals surface area contributed by atoms with Gasteiger partial charge < -0.3 is 14.6 Å². The Kier molecular flexibility index (Phi) is 7.62. The lowest BCUT2D eigenvalue weighted by molar-refractivity contribution is 0.0952. The van der Waals surface area contributed by atoms with Crippen LogP contribution in [0.3, 0.4) is 0 Å². The second-order valence-electron chi connectivity index (χ2n) is 7.58. The minimum absolute atomic E-state index is 0.125. The van der Waals surface area contributed by atoms with Crippen LogP contribution in [0.25, 0.3) is 10.8 Å². The summed E-state index contributed by atoms with van der Waals surface area (Å²) in [6.07, 6.45) is 1.46. The van der Waals surface area contributed by atoms with Gasteiger partial charge in [-0.15, -0.1) is 0 Å². The van der Waals surface area contributed by atoms with E-state index in [0.717, 1.165) is 16.3 Å². The summed E-state index contributed by atoms with van der Waals surface area (Å²) in [5, 5.41) is 15.9. The van der Waals surface area contributed by atoms with Crippen molar-refractivity contribution < 1.29 is 23.8 Å². The number of hydrazone groups is 1. The number of amides is 1. The summed E-state index contributed by atoms with van der Waals surface area (Å²) < 4.78 is 25.4. The molecule has 0 radical (unpaired) electrons. The zero-order valence-corrected chi connectivity index (χ0v) is 20.4. The third-order valence-electron chi connectivity index (χ3n) is 5.15. The van der Waals surface area contributed by atoms with Crippen LogP contribution in [-0.2, 0) is 6.61 Å². The van der Waals surface area contributed by atoms with E-state index in [4.69, 9.17) is 9.47 Å². The fourth-order valence-electron chi connectivity index (χ4n) is 3.40. The second-order valence-corrected chi connectivity index (χ2v) is 8.44. The first-order chi connectivity index (χ1) is 16.9. The molecule has 0 heterocycles. The van der Waals surface area contributed by atoms with Crippen molar-refractivity contribution in [3.05, 3.63) is 99.8 Å². The van der Waals surface area contributed by atoms with E-state index in [1.165, 1.54) is 18.3 Å². The maximum absolute atomic E-state index is 13.1.